The first-order valence-corrected chi connectivity index (χ1v) is 7.50. The van der Waals surface area contributed by atoms with Crippen molar-refractivity contribution in [3.8, 4) is 0 Å². The Morgan fingerprint density at radius 2 is 1.95 bits per heavy atom. The first-order chi connectivity index (χ1) is 10.2. The van der Waals surface area contributed by atoms with E-state index >= 15 is 0 Å². The maximum Gasteiger partial charge on any atom is 0.123 e. The zero-order valence-corrected chi connectivity index (χ0v) is 12.9. The van der Waals surface area contributed by atoms with E-state index in [1.165, 1.54) is 6.07 Å². The number of benzene rings is 2. The van der Waals surface area contributed by atoms with Gasteiger partial charge in [0.15, 0.2) is 0 Å². The minimum absolute atomic E-state index is 0.204. The van der Waals surface area contributed by atoms with E-state index in [0.29, 0.717) is 13.1 Å². The van der Waals surface area contributed by atoms with Crippen LogP contribution in [0, 0.1) is 5.82 Å². The lowest BCUT2D eigenvalue weighted by atomic mass is 10.1. The maximum absolute atomic E-state index is 13.1. The highest BCUT2D eigenvalue weighted by Gasteiger charge is 2.05. The van der Waals surface area contributed by atoms with E-state index in [1.54, 1.807) is 18.3 Å². The highest BCUT2D eigenvalue weighted by molar-refractivity contribution is 9.10. The Labute approximate surface area is 131 Å². The third kappa shape index (κ3) is 3.28. The second-order valence-electron chi connectivity index (χ2n) is 4.84. The SMILES string of the molecule is Fc1cccc(CNCc2ccc(Br)c3cccnc23)c1. The molecular weight excluding hydrogens is 331 g/mol. The van der Waals surface area contributed by atoms with Gasteiger partial charge in [-0.1, -0.05) is 40.2 Å². The largest absolute Gasteiger partial charge is 0.309 e. The van der Waals surface area contributed by atoms with Crippen LogP contribution in [0.5, 0.6) is 0 Å². The van der Waals surface area contributed by atoms with Gasteiger partial charge in [0.2, 0.25) is 0 Å². The molecule has 0 bridgehead atoms. The van der Waals surface area contributed by atoms with Crippen molar-refractivity contribution in [2.75, 3.05) is 0 Å². The number of hydrogen-bond acceptors (Lipinski definition) is 2. The summed E-state index contributed by atoms with van der Waals surface area (Å²) >= 11 is 3.54. The molecule has 0 unspecified atom stereocenters. The Balaban J connectivity index is 1.75. The molecule has 1 heterocycles. The summed E-state index contributed by atoms with van der Waals surface area (Å²) in [5, 5.41) is 4.43. The molecule has 3 aromatic rings. The Bertz CT molecular complexity index is 774. The lowest BCUT2D eigenvalue weighted by molar-refractivity contribution is 0.620. The van der Waals surface area contributed by atoms with Gasteiger partial charge in [0.25, 0.3) is 0 Å². The van der Waals surface area contributed by atoms with E-state index in [0.717, 1.165) is 26.5 Å². The Morgan fingerprint density at radius 3 is 2.81 bits per heavy atom. The fraction of sp³-hybridized carbons (Fsp3) is 0.118. The van der Waals surface area contributed by atoms with Crippen molar-refractivity contribution in [2.24, 2.45) is 0 Å². The lowest BCUT2D eigenvalue weighted by Gasteiger charge is -2.09. The molecule has 0 aliphatic rings. The smallest absolute Gasteiger partial charge is 0.123 e. The number of nitrogens with zero attached hydrogens (tertiary/aromatic N) is 1. The fourth-order valence-electron chi connectivity index (χ4n) is 2.33. The van der Waals surface area contributed by atoms with E-state index in [1.807, 2.05) is 24.3 Å². The zero-order valence-electron chi connectivity index (χ0n) is 11.3. The van der Waals surface area contributed by atoms with Gasteiger partial charge < -0.3 is 5.32 Å². The normalized spacial score (nSPS) is 11.0. The van der Waals surface area contributed by atoms with Gasteiger partial charge in [0.05, 0.1) is 5.52 Å². The monoisotopic (exact) mass is 344 g/mol. The Kier molecular flexibility index (Phi) is 4.27. The van der Waals surface area contributed by atoms with Crippen molar-refractivity contribution in [2.45, 2.75) is 13.1 Å². The van der Waals surface area contributed by atoms with Gasteiger partial charge in [-0.2, -0.15) is 0 Å². The first kappa shape index (κ1) is 14.2. The molecule has 0 radical (unpaired) electrons. The molecule has 1 N–H and O–H groups in total. The van der Waals surface area contributed by atoms with E-state index in [2.05, 4.69) is 32.3 Å². The number of fused-ring (bicyclic) bond motifs is 1. The van der Waals surface area contributed by atoms with Crippen LogP contribution >= 0.6 is 15.9 Å². The highest BCUT2D eigenvalue weighted by Crippen LogP contribution is 2.25. The summed E-state index contributed by atoms with van der Waals surface area (Å²) in [5.74, 6) is -0.204. The first-order valence-electron chi connectivity index (χ1n) is 6.71. The van der Waals surface area contributed by atoms with Crippen molar-refractivity contribution >= 4 is 26.8 Å². The summed E-state index contributed by atoms with van der Waals surface area (Å²) in [4.78, 5) is 4.45. The van der Waals surface area contributed by atoms with Crippen LogP contribution in [0.4, 0.5) is 4.39 Å². The highest BCUT2D eigenvalue weighted by atomic mass is 79.9. The molecule has 3 rings (SSSR count). The quantitative estimate of drug-likeness (QED) is 0.757. The predicted octanol–water partition coefficient (Wildman–Crippen LogP) is 4.43. The predicted molar refractivity (Wildman–Crippen MR) is 86.4 cm³/mol. The topological polar surface area (TPSA) is 24.9 Å². The minimum Gasteiger partial charge on any atom is -0.309 e. The standard InChI is InChI=1S/C17H14BrFN2/c18-16-7-6-13(17-15(16)5-2-8-21-17)11-20-10-12-3-1-4-14(19)9-12/h1-9,20H,10-11H2. The molecule has 0 saturated carbocycles. The summed E-state index contributed by atoms with van der Waals surface area (Å²) in [6.45, 7) is 1.32. The van der Waals surface area contributed by atoms with Gasteiger partial charge >= 0.3 is 0 Å². The van der Waals surface area contributed by atoms with Crippen molar-refractivity contribution in [1.82, 2.24) is 10.3 Å². The molecule has 0 aliphatic heterocycles. The summed E-state index contributed by atoms with van der Waals surface area (Å²) in [7, 11) is 0. The van der Waals surface area contributed by atoms with Crippen molar-refractivity contribution in [3.63, 3.8) is 0 Å². The van der Waals surface area contributed by atoms with Crippen LogP contribution in [0.1, 0.15) is 11.1 Å². The number of rotatable bonds is 4. The van der Waals surface area contributed by atoms with Crippen molar-refractivity contribution in [1.29, 1.82) is 0 Å². The van der Waals surface area contributed by atoms with E-state index < -0.39 is 0 Å². The molecule has 21 heavy (non-hydrogen) atoms. The van der Waals surface area contributed by atoms with Crippen LogP contribution < -0.4 is 5.32 Å². The van der Waals surface area contributed by atoms with Crippen molar-refractivity contribution in [3.05, 3.63) is 76.1 Å². The molecule has 2 nitrogen and oxygen atoms in total. The van der Waals surface area contributed by atoms with Gasteiger partial charge in [0.1, 0.15) is 5.82 Å². The molecule has 0 atom stereocenters. The molecule has 0 saturated heterocycles. The van der Waals surface area contributed by atoms with E-state index in [9.17, 15) is 4.39 Å². The van der Waals surface area contributed by atoms with Gasteiger partial charge in [-0.25, -0.2) is 4.39 Å². The molecule has 2 aromatic carbocycles. The molecule has 106 valence electrons. The number of hydrogen-bond donors (Lipinski definition) is 1. The average Bonchev–Trinajstić information content (AvgIpc) is 2.50. The third-order valence-electron chi connectivity index (χ3n) is 3.33. The minimum atomic E-state index is -0.204. The molecule has 1 aromatic heterocycles. The van der Waals surface area contributed by atoms with Crippen LogP contribution in [-0.2, 0) is 13.1 Å². The van der Waals surface area contributed by atoms with E-state index in [4.69, 9.17) is 0 Å². The van der Waals surface area contributed by atoms with Gasteiger partial charge in [-0.15, -0.1) is 0 Å². The van der Waals surface area contributed by atoms with Crippen LogP contribution in [0.3, 0.4) is 0 Å². The molecule has 0 aliphatic carbocycles. The Hall–Kier alpha value is -1.78. The summed E-state index contributed by atoms with van der Waals surface area (Å²) in [6, 6.07) is 14.7. The van der Waals surface area contributed by atoms with Crippen LogP contribution in [0.25, 0.3) is 10.9 Å². The van der Waals surface area contributed by atoms with Gasteiger partial charge in [-0.3, -0.25) is 4.98 Å². The molecule has 4 heteroatoms. The number of halogens is 2. The van der Waals surface area contributed by atoms with Crippen LogP contribution in [-0.4, -0.2) is 4.98 Å². The van der Waals surface area contributed by atoms with E-state index in [-0.39, 0.29) is 5.82 Å². The van der Waals surface area contributed by atoms with Crippen molar-refractivity contribution < 1.29 is 4.39 Å². The molecule has 0 fully saturated rings. The molecular formula is C17H14BrFN2. The maximum atomic E-state index is 13.1. The summed E-state index contributed by atoms with van der Waals surface area (Å²) in [6.07, 6.45) is 1.80. The summed E-state index contributed by atoms with van der Waals surface area (Å²) in [5.41, 5.74) is 3.05. The van der Waals surface area contributed by atoms with Crippen LogP contribution in [0.15, 0.2) is 59.2 Å². The fourth-order valence-corrected chi connectivity index (χ4v) is 2.78. The third-order valence-corrected chi connectivity index (χ3v) is 4.03. The summed E-state index contributed by atoms with van der Waals surface area (Å²) < 4.78 is 14.2. The van der Waals surface area contributed by atoms with Gasteiger partial charge in [-0.05, 0) is 35.4 Å². The number of pyridine rings is 1. The number of nitrogens with one attached hydrogen (secondary N) is 1. The second-order valence-corrected chi connectivity index (χ2v) is 5.69. The molecule has 0 spiro atoms. The Morgan fingerprint density at radius 1 is 1.05 bits per heavy atom. The molecule has 0 amide bonds. The van der Waals surface area contributed by atoms with Gasteiger partial charge in [0, 0.05) is 29.1 Å². The van der Waals surface area contributed by atoms with Crippen LogP contribution in [0.2, 0.25) is 0 Å². The average molecular weight is 345 g/mol. The zero-order chi connectivity index (χ0) is 14.7. The lowest BCUT2D eigenvalue weighted by Crippen LogP contribution is -2.13. The number of aromatic nitrogens is 1. The second kappa shape index (κ2) is 6.33.